The minimum atomic E-state index is 0.561. The third kappa shape index (κ3) is 3.16. The molecule has 1 saturated carbocycles. The molecule has 0 bridgehead atoms. The molecule has 2 aliphatic rings. The molecule has 0 amide bonds. The van der Waals surface area contributed by atoms with Crippen molar-refractivity contribution in [3.63, 3.8) is 0 Å². The van der Waals surface area contributed by atoms with Crippen LogP contribution in [0.15, 0.2) is 4.99 Å². The van der Waals surface area contributed by atoms with Gasteiger partial charge in [-0.05, 0) is 24.2 Å². The zero-order chi connectivity index (χ0) is 11.4. The molecular formula is C13H24N2S. The van der Waals surface area contributed by atoms with Gasteiger partial charge in [-0.3, -0.25) is 4.99 Å². The molecule has 0 aromatic heterocycles. The van der Waals surface area contributed by atoms with E-state index < -0.39 is 0 Å². The Bertz CT molecular complexity index is 255. The van der Waals surface area contributed by atoms with Crippen LogP contribution in [0.4, 0.5) is 0 Å². The lowest BCUT2D eigenvalue weighted by molar-refractivity contribution is 0.232. The largest absolute Gasteiger partial charge is 0.365 e. The number of thioether (sulfide) groups is 1. The maximum atomic E-state index is 4.75. The molecule has 3 heteroatoms. The van der Waals surface area contributed by atoms with Crippen molar-refractivity contribution in [2.75, 3.05) is 18.8 Å². The molecule has 1 aliphatic carbocycles. The van der Waals surface area contributed by atoms with Crippen molar-refractivity contribution in [1.29, 1.82) is 0 Å². The summed E-state index contributed by atoms with van der Waals surface area (Å²) in [5.41, 5.74) is 0.561. The minimum absolute atomic E-state index is 0.561. The highest BCUT2D eigenvalue weighted by Crippen LogP contribution is 2.41. The Morgan fingerprint density at radius 2 is 2.06 bits per heavy atom. The molecule has 0 saturated heterocycles. The van der Waals surface area contributed by atoms with Crippen LogP contribution in [0.2, 0.25) is 0 Å². The predicted molar refractivity (Wildman–Crippen MR) is 73.1 cm³/mol. The lowest BCUT2D eigenvalue weighted by Crippen LogP contribution is -2.37. The maximum Gasteiger partial charge on any atom is 0.156 e. The summed E-state index contributed by atoms with van der Waals surface area (Å²) in [7, 11) is 0. The van der Waals surface area contributed by atoms with E-state index in [4.69, 9.17) is 4.99 Å². The van der Waals surface area contributed by atoms with Gasteiger partial charge in [0.1, 0.15) is 0 Å². The predicted octanol–water partition coefficient (Wildman–Crippen LogP) is 3.29. The molecule has 2 nitrogen and oxygen atoms in total. The number of amidine groups is 1. The van der Waals surface area contributed by atoms with E-state index in [9.17, 15) is 0 Å². The second kappa shape index (κ2) is 5.44. The van der Waals surface area contributed by atoms with Crippen LogP contribution in [-0.4, -0.2) is 24.0 Å². The zero-order valence-electron chi connectivity index (χ0n) is 10.6. The summed E-state index contributed by atoms with van der Waals surface area (Å²) in [6.45, 7) is 6.60. The SMILES string of the molecule is CC(C)CNC1=NCC2(CCCCC2)CS1. The lowest BCUT2D eigenvalue weighted by Gasteiger charge is -2.38. The smallest absolute Gasteiger partial charge is 0.156 e. The fourth-order valence-electron chi connectivity index (χ4n) is 2.55. The molecular weight excluding hydrogens is 216 g/mol. The number of aliphatic imine (C=N–C) groups is 1. The van der Waals surface area contributed by atoms with E-state index in [0.717, 1.165) is 13.1 Å². The molecule has 1 spiro atoms. The molecule has 1 heterocycles. The van der Waals surface area contributed by atoms with Gasteiger partial charge in [-0.2, -0.15) is 0 Å². The lowest BCUT2D eigenvalue weighted by atomic mass is 9.75. The van der Waals surface area contributed by atoms with E-state index in [1.807, 2.05) is 11.8 Å². The second-order valence-electron chi connectivity index (χ2n) is 5.75. The molecule has 1 aliphatic heterocycles. The van der Waals surface area contributed by atoms with Gasteiger partial charge in [0.15, 0.2) is 5.17 Å². The van der Waals surface area contributed by atoms with Crippen LogP contribution in [0.5, 0.6) is 0 Å². The van der Waals surface area contributed by atoms with Gasteiger partial charge in [-0.1, -0.05) is 44.9 Å². The van der Waals surface area contributed by atoms with Gasteiger partial charge in [0.25, 0.3) is 0 Å². The van der Waals surface area contributed by atoms with Gasteiger partial charge in [-0.25, -0.2) is 0 Å². The molecule has 1 N–H and O–H groups in total. The van der Waals surface area contributed by atoms with Gasteiger partial charge < -0.3 is 5.32 Å². The highest BCUT2D eigenvalue weighted by atomic mass is 32.2. The summed E-state index contributed by atoms with van der Waals surface area (Å²) < 4.78 is 0. The molecule has 2 rings (SSSR count). The topological polar surface area (TPSA) is 24.4 Å². The Morgan fingerprint density at radius 1 is 1.31 bits per heavy atom. The molecule has 0 aromatic carbocycles. The molecule has 0 atom stereocenters. The summed E-state index contributed by atoms with van der Waals surface area (Å²) in [6.07, 6.45) is 7.09. The number of hydrogen-bond acceptors (Lipinski definition) is 3. The highest BCUT2D eigenvalue weighted by molar-refractivity contribution is 8.13. The third-order valence-electron chi connectivity index (χ3n) is 3.65. The van der Waals surface area contributed by atoms with Crippen molar-refractivity contribution < 1.29 is 0 Å². The molecule has 0 aromatic rings. The Labute approximate surface area is 104 Å². The highest BCUT2D eigenvalue weighted by Gasteiger charge is 2.34. The van der Waals surface area contributed by atoms with Crippen molar-refractivity contribution in [1.82, 2.24) is 5.32 Å². The summed E-state index contributed by atoms with van der Waals surface area (Å²) in [5, 5.41) is 4.64. The molecule has 16 heavy (non-hydrogen) atoms. The first kappa shape index (κ1) is 12.3. The first-order chi connectivity index (χ1) is 7.70. The van der Waals surface area contributed by atoms with Crippen molar-refractivity contribution in [2.24, 2.45) is 16.3 Å². The first-order valence-corrected chi connectivity index (χ1v) is 7.60. The Balaban J connectivity index is 1.83. The Hall–Kier alpha value is -0.180. The van der Waals surface area contributed by atoms with Gasteiger partial charge in [0, 0.05) is 18.8 Å². The van der Waals surface area contributed by atoms with Crippen molar-refractivity contribution >= 4 is 16.9 Å². The summed E-state index contributed by atoms with van der Waals surface area (Å²) in [5.74, 6) is 1.99. The quantitative estimate of drug-likeness (QED) is 0.801. The second-order valence-corrected chi connectivity index (χ2v) is 6.71. The van der Waals surface area contributed by atoms with Crippen LogP contribution in [-0.2, 0) is 0 Å². The van der Waals surface area contributed by atoms with Crippen molar-refractivity contribution in [3.05, 3.63) is 0 Å². The van der Waals surface area contributed by atoms with Crippen LogP contribution in [0.1, 0.15) is 46.0 Å². The molecule has 0 unspecified atom stereocenters. The van der Waals surface area contributed by atoms with E-state index in [2.05, 4.69) is 19.2 Å². The normalized spacial score (nSPS) is 24.6. The van der Waals surface area contributed by atoms with E-state index >= 15 is 0 Å². The monoisotopic (exact) mass is 240 g/mol. The number of rotatable bonds is 2. The van der Waals surface area contributed by atoms with Crippen LogP contribution in [0.3, 0.4) is 0 Å². The van der Waals surface area contributed by atoms with Crippen molar-refractivity contribution in [3.8, 4) is 0 Å². The van der Waals surface area contributed by atoms with E-state index in [-0.39, 0.29) is 0 Å². The van der Waals surface area contributed by atoms with Crippen LogP contribution >= 0.6 is 11.8 Å². The fraction of sp³-hybridized carbons (Fsp3) is 0.923. The standard InChI is InChI=1S/C13H24N2S/c1-11(2)8-14-12-15-9-13(10-16-12)6-4-3-5-7-13/h11H,3-10H2,1-2H3,(H,14,15). The summed E-state index contributed by atoms with van der Waals surface area (Å²) >= 11 is 1.95. The van der Waals surface area contributed by atoms with Crippen LogP contribution in [0.25, 0.3) is 0 Å². The minimum Gasteiger partial charge on any atom is -0.365 e. The molecule has 0 radical (unpaired) electrons. The zero-order valence-corrected chi connectivity index (χ0v) is 11.4. The van der Waals surface area contributed by atoms with Gasteiger partial charge in [-0.15, -0.1) is 0 Å². The fourth-order valence-corrected chi connectivity index (χ4v) is 3.72. The van der Waals surface area contributed by atoms with Gasteiger partial charge in [0.05, 0.1) is 0 Å². The summed E-state index contributed by atoms with van der Waals surface area (Å²) in [4.78, 5) is 4.75. The number of nitrogens with zero attached hydrogens (tertiary/aromatic N) is 1. The third-order valence-corrected chi connectivity index (χ3v) is 4.95. The number of nitrogens with one attached hydrogen (secondary N) is 1. The van der Waals surface area contributed by atoms with Crippen LogP contribution in [0, 0.1) is 11.3 Å². The Kier molecular flexibility index (Phi) is 4.17. The maximum absolute atomic E-state index is 4.75. The van der Waals surface area contributed by atoms with E-state index in [1.165, 1.54) is 43.0 Å². The first-order valence-electron chi connectivity index (χ1n) is 6.61. The number of hydrogen-bond donors (Lipinski definition) is 1. The Morgan fingerprint density at radius 3 is 2.62 bits per heavy atom. The average molecular weight is 240 g/mol. The van der Waals surface area contributed by atoms with E-state index in [0.29, 0.717) is 11.3 Å². The molecule has 1 fully saturated rings. The van der Waals surface area contributed by atoms with Crippen LogP contribution < -0.4 is 5.32 Å². The van der Waals surface area contributed by atoms with E-state index in [1.54, 1.807) is 0 Å². The molecule has 92 valence electrons. The van der Waals surface area contributed by atoms with Gasteiger partial charge in [0.2, 0.25) is 0 Å². The summed E-state index contributed by atoms with van der Waals surface area (Å²) in [6, 6.07) is 0. The van der Waals surface area contributed by atoms with Gasteiger partial charge >= 0.3 is 0 Å². The van der Waals surface area contributed by atoms with Crippen molar-refractivity contribution in [2.45, 2.75) is 46.0 Å². The average Bonchev–Trinajstić information content (AvgIpc) is 2.29.